The molecule has 2 aliphatic rings. The summed E-state index contributed by atoms with van der Waals surface area (Å²) in [5.41, 5.74) is 18.0. The molecule has 0 saturated carbocycles. The second kappa shape index (κ2) is 19.0. The van der Waals surface area contributed by atoms with E-state index in [1.54, 1.807) is 39.8 Å². The van der Waals surface area contributed by atoms with Gasteiger partial charge in [0.25, 0.3) is 0 Å². The topological polar surface area (TPSA) is 62.7 Å². The van der Waals surface area contributed by atoms with E-state index in [4.69, 9.17) is 28.9 Å². The highest BCUT2D eigenvalue weighted by Crippen LogP contribution is 2.63. The standard InChI is InChI=1S/C72H48Br2N2O4S/c1-77-47-29-19-41(20-30-47)71(42-21-31-48(78-2)32-22-42)59-15-7-5-11-53(59)63-55(13-9-17-61(63)71)69-67-68(76-66-58-40-46(74)28-38-52(58)51-37-27-45(73)39-57(51)65(66)75-67)70(81-69)56-14-10-18-62-64(56)54-12-6-8-16-60(54)72(62,43-23-33-49(79-3)34-24-43)44-25-35-50(80-4)36-26-44/h5-40H,1-4H3. The van der Waals surface area contributed by atoms with Crippen LogP contribution < -0.4 is 18.9 Å². The fraction of sp³-hybridized carbons (Fsp3) is 0.0833. The minimum atomic E-state index is -0.709. The molecule has 9 heteroatoms. The lowest BCUT2D eigenvalue weighted by Gasteiger charge is -2.34. The van der Waals surface area contributed by atoms with E-state index in [1.807, 2.05) is 0 Å². The van der Waals surface area contributed by atoms with Crippen LogP contribution in [-0.4, -0.2) is 38.4 Å². The molecule has 2 aliphatic carbocycles. The largest absolute Gasteiger partial charge is 0.497 e. The lowest BCUT2D eigenvalue weighted by Crippen LogP contribution is -2.28. The normalized spacial score (nSPS) is 13.5. The minimum Gasteiger partial charge on any atom is -0.497 e. The predicted octanol–water partition coefficient (Wildman–Crippen LogP) is 18.8. The van der Waals surface area contributed by atoms with Crippen molar-refractivity contribution in [2.45, 2.75) is 10.8 Å². The Balaban J connectivity index is 1.08. The molecule has 0 saturated heterocycles. The van der Waals surface area contributed by atoms with E-state index in [-0.39, 0.29) is 0 Å². The lowest BCUT2D eigenvalue weighted by atomic mass is 9.67. The Hall–Kier alpha value is -8.60. The zero-order valence-corrected chi connectivity index (χ0v) is 48.5. The lowest BCUT2D eigenvalue weighted by molar-refractivity contribution is 0.414. The first-order valence-electron chi connectivity index (χ1n) is 26.8. The number of halogens is 2. The van der Waals surface area contributed by atoms with Gasteiger partial charge in [-0.3, -0.25) is 0 Å². The van der Waals surface area contributed by atoms with Gasteiger partial charge in [0.05, 0.1) is 60.1 Å². The van der Waals surface area contributed by atoms with E-state index >= 15 is 0 Å². The highest BCUT2D eigenvalue weighted by molar-refractivity contribution is 9.10. The first-order valence-corrected chi connectivity index (χ1v) is 29.2. The minimum absolute atomic E-state index is 0.709. The number of benzene rings is 11. The van der Waals surface area contributed by atoms with Gasteiger partial charge in [0.15, 0.2) is 0 Å². The van der Waals surface area contributed by atoms with Crippen molar-refractivity contribution in [1.29, 1.82) is 0 Å². The number of hydrogen-bond acceptors (Lipinski definition) is 7. The Morgan fingerprint density at radius 3 is 0.988 bits per heavy atom. The van der Waals surface area contributed by atoms with Crippen molar-refractivity contribution in [3.05, 3.63) is 272 Å². The van der Waals surface area contributed by atoms with Crippen LogP contribution in [0.5, 0.6) is 23.0 Å². The van der Waals surface area contributed by atoms with Crippen LogP contribution in [0.15, 0.2) is 227 Å². The monoisotopic (exact) mass is 1190 g/mol. The first-order chi connectivity index (χ1) is 39.8. The molecule has 0 fully saturated rings. The summed E-state index contributed by atoms with van der Waals surface area (Å²) in [7, 11) is 6.87. The van der Waals surface area contributed by atoms with Crippen LogP contribution in [0.25, 0.3) is 86.7 Å². The summed E-state index contributed by atoms with van der Waals surface area (Å²) in [4.78, 5) is 14.0. The van der Waals surface area contributed by atoms with Crippen LogP contribution in [-0.2, 0) is 10.8 Å². The number of methoxy groups -OCH3 is 4. The molecule has 0 N–H and O–H groups in total. The van der Waals surface area contributed by atoms with Crippen molar-refractivity contribution in [3.8, 4) is 66.1 Å². The van der Waals surface area contributed by atoms with Crippen LogP contribution in [0.4, 0.5) is 0 Å². The smallest absolute Gasteiger partial charge is 0.118 e. The molecule has 0 spiro atoms. The highest BCUT2D eigenvalue weighted by Gasteiger charge is 2.49. The molecule has 6 nitrogen and oxygen atoms in total. The van der Waals surface area contributed by atoms with Gasteiger partial charge in [0.2, 0.25) is 0 Å². The third kappa shape index (κ3) is 7.14. The number of aromatic nitrogens is 2. The molecule has 11 aromatic carbocycles. The molecule has 81 heavy (non-hydrogen) atoms. The molecule has 15 rings (SSSR count). The average Bonchev–Trinajstić information content (AvgIpc) is 3.71. The van der Waals surface area contributed by atoms with Gasteiger partial charge in [-0.05, 0) is 150 Å². The number of fused-ring (bicyclic) bond motifs is 13. The molecule has 0 unspecified atom stereocenters. The van der Waals surface area contributed by atoms with E-state index in [2.05, 4.69) is 250 Å². The fourth-order valence-electron chi connectivity index (χ4n) is 13.6. The maximum absolute atomic E-state index is 5.98. The summed E-state index contributed by atoms with van der Waals surface area (Å²) in [5.74, 6) is 3.19. The van der Waals surface area contributed by atoms with E-state index in [1.165, 1.54) is 22.3 Å². The van der Waals surface area contributed by atoms with Crippen LogP contribution in [0.1, 0.15) is 44.5 Å². The van der Waals surface area contributed by atoms with Gasteiger partial charge in [-0.2, -0.15) is 0 Å². The van der Waals surface area contributed by atoms with Crippen molar-refractivity contribution in [2.24, 2.45) is 0 Å². The van der Waals surface area contributed by atoms with E-state index in [0.717, 1.165) is 141 Å². The predicted molar refractivity (Wildman–Crippen MR) is 337 cm³/mol. The van der Waals surface area contributed by atoms with Crippen molar-refractivity contribution in [3.63, 3.8) is 0 Å². The van der Waals surface area contributed by atoms with Gasteiger partial charge in [0, 0.05) is 30.8 Å². The summed E-state index contributed by atoms with van der Waals surface area (Å²) in [6.45, 7) is 0. The van der Waals surface area contributed by atoms with Crippen LogP contribution in [0.3, 0.4) is 0 Å². The molecule has 13 aromatic rings. The van der Waals surface area contributed by atoms with Gasteiger partial charge in [0.1, 0.15) is 34.0 Å². The van der Waals surface area contributed by atoms with Gasteiger partial charge >= 0.3 is 0 Å². The molecule has 0 atom stereocenters. The quantitative estimate of drug-likeness (QED) is 0.127. The Morgan fingerprint density at radius 2 is 0.642 bits per heavy atom. The molecule has 0 radical (unpaired) electrons. The maximum atomic E-state index is 5.98. The number of hydrogen-bond donors (Lipinski definition) is 0. The Morgan fingerprint density at radius 1 is 0.321 bits per heavy atom. The third-order valence-electron chi connectivity index (χ3n) is 17.0. The molecule has 0 bridgehead atoms. The van der Waals surface area contributed by atoms with Crippen molar-refractivity contribution >= 4 is 86.8 Å². The van der Waals surface area contributed by atoms with Crippen molar-refractivity contribution in [1.82, 2.24) is 9.97 Å². The summed E-state index contributed by atoms with van der Waals surface area (Å²) in [6, 6.07) is 78.9. The Labute approximate surface area is 489 Å². The van der Waals surface area contributed by atoms with Crippen molar-refractivity contribution in [2.75, 3.05) is 28.4 Å². The Bertz CT molecular complexity index is 4320. The van der Waals surface area contributed by atoms with Crippen LogP contribution >= 0.6 is 43.2 Å². The number of rotatable bonds is 10. The average molecular weight is 1200 g/mol. The van der Waals surface area contributed by atoms with Crippen LogP contribution in [0.2, 0.25) is 0 Å². The Kier molecular flexibility index (Phi) is 11.6. The second-order valence-corrected chi connectivity index (χ2v) is 23.6. The summed E-state index contributed by atoms with van der Waals surface area (Å²) in [6.07, 6.45) is 0. The van der Waals surface area contributed by atoms with Gasteiger partial charge in [-0.1, -0.05) is 177 Å². The van der Waals surface area contributed by atoms with Gasteiger partial charge < -0.3 is 18.9 Å². The van der Waals surface area contributed by atoms with E-state index in [9.17, 15) is 0 Å². The van der Waals surface area contributed by atoms with Gasteiger partial charge in [-0.25, -0.2) is 9.97 Å². The second-order valence-electron chi connectivity index (χ2n) is 20.7. The SMILES string of the molecule is COc1ccc(C2(c3ccc(OC)cc3)c3ccccc3-c3c(-c4sc(-c5cccc6c5-c5ccccc5C6(c5ccc(OC)cc5)c5ccc(OC)cc5)c5nc6c7cc(Br)ccc7c7ccc(Br)cc7c6nc45)cccc32)cc1. The summed E-state index contributed by atoms with van der Waals surface area (Å²) >= 11 is 9.51. The zero-order valence-electron chi connectivity index (χ0n) is 44.5. The molecule has 390 valence electrons. The van der Waals surface area contributed by atoms with E-state index < -0.39 is 10.8 Å². The number of nitrogens with zero attached hydrogens (tertiary/aromatic N) is 2. The van der Waals surface area contributed by atoms with Gasteiger partial charge in [-0.15, -0.1) is 11.3 Å². The molecule has 2 aromatic heterocycles. The molecule has 0 aliphatic heterocycles. The summed E-state index contributed by atoms with van der Waals surface area (Å²) < 4.78 is 25.0. The number of ether oxygens (including phenoxy) is 4. The molecule has 0 amide bonds. The molecular formula is C72H48Br2N2O4S. The summed E-state index contributed by atoms with van der Waals surface area (Å²) in [5, 5.41) is 4.29. The zero-order chi connectivity index (χ0) is 54.7. The van der Waals surface area contributed by atoms with Crippen molar-refractivity contribution < 1.29 is 18.9 Å². The van der Waals surface area contributed by atoms with Crippen LogP contribution in [0, 0.1) is 0 Å². The molecular weight excluding hydrogens is 1150 g/mol. The number of thiophene rings is 1. The van der Waals surface area contributed by atoms with E-state index in [0.29, 0.717) is 0 Å². The fourth-order valence-corrected chi connectivity index (χ4v) is 15.5. The molecule has 2 heterocycles. The highest BCUT2D eigenvalue weighted by atomic mass is 79.9. The third-order valence-corrected chi connectivity index (χ3v) is 19.2. The maximum Gasteiger partial charge on any atom is 0.118 e. The first kappa shape index (κ1) is 49.4.